The SMILES string of the molecule is CNc1ccc(C(O)C(O)CCSC(C)=O)cc1. The lowest BCUT2D eigenvalue weighted by molar-refractivity contribution is -0.109. The van der Waals surface area contributed by atoms with Crippen LogP contribution in [0.5, 0.6) is 0 Å². The van der Waals surface area contributed by atoms with Gasteiger partial charge in [0.1, 0.15) is 6.10 Å². The minimum atomic E-state index is -0.913. The maximum Gasteiger partial charge on any atom is 0.185 e. The van der Waals surface area contributed by atoms with Crippen LogP contribution in [0, 0.1) is 0 Å². The Morgan fingerprint density at radius 2 is 1.94 bits per heavy atom. The number of nitrogens with one attached hydrogen (secondary N) is 1. The molecule has 1 aromatic rings. The number of carbonyl (C=O) groups excluding carboxylic acids is 1. The molecule has 0 aliphatic rings. The number of aliphatic hydroxyl groups is 2. The highest BCUT2D eigenvalue weighted by molar-refractivity contribution is 8.13. The largest absolute Gasteiger partial charge is 0.390 e. The lowest BCUT2D eigenvalue weighted by Gasteiger charge is -2.18. The van der Waals surface area contributed by atoms with E-state index in [0.29, 0.717) is 17.7 Å². The molecule has 0 aromatic heterocycles. The number of hydrogen-bond acceptors (Lipinski definition) is 5. The highest BCUT2D eigenvalue weighted by Crippen LogP contribution is 2.22. The van der Waals surface area contributed by atoms with Crippen LogP contribution in [0.25, 0.3) is 0 Å². The summed E-state index contributed by atoms with van der Waals surface area (Å²) in [6, 6.07) is 7.24. The van der Waals surface area contributed by atoms with Crippen molar-refractivity contribution in [3.63, 3.8) is 0 Å². The van der Waals surface area contributed by atoms with Crippen molar-refractivity contribution in [1.29, 1.82) is 0 Å². The topological polar surface area (TPSA) is 69.6 Å². The van der Waals surface area contributed by atoms with Crippen molar-refractivity contribution in [2.75, 3.05) is 18.1 Å². The molecule has 0 fully saturated rings. The van der Waals surface area contributed by atoms with E-state index in [4.69, 9.17) is 0 Å². The van der Waals surface area contributed by atoms with Gasteiger partial charge in [-0.2, -0.15) is 0 Å². The number of anilines is 1. The van der Waals surface area contributed by atoms with Gasteiger partial charge in [0.25, 0.3) is 0 Å². The monoisotopic (exact) mass is 269 g/mol. The predicted octanol–water partition coefficient (Wildman–Crippen LogP) is 1.79. The van der Waals surface area contributed by atoms with E-state index in [1.54, 1.807) is 12.1 Å². The van der Waals surface area contributed by atoms with Gasteiger partial charge in [0.2, 0.25) is 0 Å². The van der Waals surface area contributed by atoms with Crippen molar-refractivity contribution in [3.05, 3.63) is 29.8 Å². The van der Waals surface area contributed by atoms with Crippen LogP contribution in [0.1, 0.15) is 25.0 Å². The Kier molecular flexibility index (Phi) is 6.18. The standard InChI is InChI=1S/C13H19NO3S/c1-9(15)18-8-7-12(16)13(17)10-3-5-11(14-2)6-4-10/h3-6,12-14,16-17H,7-8H2,1-2H3. The molecule has 0 bridgehead atoms. The Bertz CT molecular complexity index is 380. The Labute approximate surface area is 111 Å². The Morgan fingerprint density at radius 1 is 1.33 bits per heavy atom. The van der Waals surface area contributed by atoms with E-state index >= 15 is 0 Å². The highest BCUT2D eigenvalue weighted by atomic mass is 32.2. The molecule has 0 spiro atoms. The minimum absolute atomic E-state index is 0.0232. The maximum absolute atomic E-state index is 10.7. The third-order valence-electron chi connectivity index (χ3n) is 2.62. The molecule has 1 aromatic carbocycles. The summed E-state index contributed by atoms with van der Waals surface area (Å²) < 4.78 is 0. The normalized spacial score (nSPS) is 14.0. The number of aliphatic hydroxyl groups excluding tert-OH is 2. The van der Waals surface area contributed by atoms with Crippen LogP contribution in [0.2, 0.25) is 0 Å². The second-order valence-corrected chi connectivity index (χ2v) is 5.28. The molecule has 0 amide bonds. The minimum Gasteiger partial charge on any atom is -0.390 e. The van der Waals surface area contributed by atoms with Crippen LogP contribution in [-0.2, 0) is 4.79 Å². The molecule has 4 nitrogen and oxygen atoms in total. The Morgan fingerprint density at radius 3 is 2.44 bits per heavy atom. The molecule has 0 saturated heterocycles. The van der Waals surface area contributed by atoms with E-state index in [-0.39, 0.29) is 5.12 Å². The fourth-order valence-electron chi connectivity index (χ4n) is 1.55. The zero-order valence-electron chi connectivity index (χ0n) is 10.6. The van der Waals surface area contributed by atoms with Gasteiger partial charge in [-0.1, -0.05) is 23.9 Å². The highest BCUT2D eigenvalue weighted by Gasteiger charge is 2.18. The number of carbonyl (C=O) groups is 1. The predicted molar refractivity (Wildman–Crippen MR) is 74.7 cm³/mol. The van der Waals surface area contributed by atoms with Gasteiger partial charge in [0.05, 0.1) is 6.10 Å². The first-order valence-corrected chi connectivity index (χ1v) is 6.80. The zero-order chi connectivity index (χ0) is 13.5. The Hall–Kier alpha value is -1.04. The van der Waals surface area contributed by atoms with Crippen LogP contribution in [0.3, 0.4) is 0 Å². The lowest BCUT2D eigenvalue weighted by atomic mass is 10.0. The summed E-state index contributed by atoms with van der Waals surface area (Å²) in [6.07, 6.45) is -1.38. The maximum atomic E-state index is 10.7. The molecule has 2 atom stereocenters. The van der Waals surface area contributed by atoms with Crippen LogP contribution in [0.4, 0.5) is 5.69 Å². The molecule has 1 rings (SSSR count). The molecular formula is C13H19NO3S. The third kappa shape index (κ3) is 4.68. The van der Waals surface area contributed by atoms with Crippen molar-refractivity contribution in [2.45, 2.75) is 25.6 Å². The summed E-state index contributed by atoms with van der Waals surface area (Å²) in [5.41, 5.74) is 1.63. The van der Waals surface area contributed by atoms with E-state index in [1.807, 2.05) is 19.2 Å². The van der Waals surface area contributed by atoms with Gasteiger partial charge in [0.15, 0.2) is 5.12 Å². The van der Waals surface area contributed by atoms with Crippen LogP contribution >= 0.6 is 11.8 Å². The molecule has 100 valence electrons. The molecule has 18 heavy (non-hydrogen) atoms. The molecule has 3 N–H and O–H groups in total. The quantitative estimate of drug-likeness (QED) is 0.734. The van der Waals surface area contributed by atoms with Crippen molar-refractivity contribution in [1.82, 2.24) is 0 Å². The summed E-state index contributed by atoms with van der Waals surface area (Å²) in [7, 11) is 1.82. The molecule has 2 unspecified atom stereocenters. The summed E-state index contributed by atoms with van der Waals surface area (Å²) >= 11 is 1.16. The first kappa shape index (κ1) is 15.0. The molecule has 0 saturated carbocycles. The number of benzene rings is 1. The van der Waals surface area contributed by atoms with Crippen molar-refractivity contribution in [2.24, 2.45) is 0 Å². The number of thioether (sulfide) groups is 1. The van der Waals surface area contributed by atoms with E-state index in [1.165, 1.54) is 6.92 Å². The third-order valence-corrected chi connectivity index (χ3v) is 3.47. The van der Waals surface area contributed by atoms with Gasteiger partial charge in [-0.25, -0.2) is 0 Å². The molecule has 0 aliphatic heterocycles. The van der Waals surface area contributed by atoms with Gasteiger partial charge < -0.3 is 15.5 Å². The fourth-order valence-corrected chi connectivity index (χ4v) is 2.20. The smallest absolute Gasteiger partial charge is 0.185 e. The molecule has 0 aliphatic carbocycles. The van der Waals surface area contributed by atoms with Gasteiger partial charge in [-0.3, -0.25) is 4.79 Å². The second kappa shape index (κ2) is 7.41. The van der Waals surface area contributed by atoms with Crippen LogP contribution in [0.15, 0.2) is 24.3 Å². The molecule has 5 heteroatoms. The van der Waals surface area contributed by atoms with E-state index in [2.05, 4.69) is 5.32 Å². The van der Waals surface area contributed by atoms with Crippen LogP contribution < -0.4 is 5.32 Å². The molecule has 0 heterocycles. The van der Waals surface area contributed by atoms with Gasteiger partial charge in [-0.05, 0) is 24.1 Å². The summed E-state index contributed by atoms with van der Waals surface area (Å²) in [6.45, 7) is 1.49. The van der Waals surface area contributed by atoms with E-state index in [9.17, 15) is 15.0 Å². The summed E-state index contributed by atoms with van der Waals surface area (Å²) in [4.78, 5) is 10.7. The number of rotatable bonds is 6. The first-order valence-electron chi connectivity index (χ1n) is 5.81. The Balaban J connectivity index is 2.51. The second-order valence-electron chi connectivity index (χ2n) is 4.01. The summed E-state index contributed by atoms with van der Waals surface area (Å²) in [5, 5.41) is 22.8. The van der Waals surface area contributed by atoms with E-state index in [0.717, 1.165) is 17.4 Å². The summed E-state index contributed by atoms with van der Waals surface area (Å²) in [5.74, 6) is 0.516. The lowest BCUT2D eigenvalue weighted by Crippen LogP contribution is -2.19. The zero-order valence-corrected chi connectivity index (χ0v) is 11.4. The van der Waals surface area contributed by atoms with E-state index < -0.39 is 12.2 Å². The fraction of sp³-hybridized carbons (Fsp3) is 0.462. The number of hydrogen-bond donors (Lipinski definition) is 3. The molecule has 0 radical (unpaired) electrons. The van der Waals surface area contributed by atoms with Crippen molar-refractivity contribution < 1.29 is 15.0 Å². The van der Waals surface area contributed by atoms with Crippen molar-refractivity contribution in [3.8, 4) is 0 Å². The van der Waals surface area contributed by atoms with Crippen molar-refractivity contribution >= 4 is 22.6 Å². The first-order chi connectivity index (χ1) is 8.54. The average molecular weight is 269 g/mol. The van der Waals surface area contributed by atoms with Crippen LogP contribution in [-0.4, -0.2) is 34.2 Å². The van der Waals surface area contributed by atoms with Gasteiger partial charge in [0, 0.05) is 25.4 Å². The average Bonchev–Trinajstić information content (AvgIpc) is 2.37. The molecular weight excluding hydrogens is 250 g/mol. The van der Waals surface area contributed by atoms with Gasteiger partial charge in [-0.15, -0.1) is 0 Å². The van der Waals surface area contributed by atoms with Gasteiger partial charge >= 0.3 is 0 Å².